The van der Waals surface area contributed by atoms with E-state index in [9.17, 15) is 14.4 Å². The van der Waals surface area contributed by atoms with Crippen LogP contribution in [0.2, 0.25) is 0 Å². The first-order valence-corrected chi connectivity index (χ1v) is 24.2. The lowest BCUT2D eigenvalue weighted by Gasteiger charge is -2.18. The van der Waals surface area contributed by atoms with Crippen LogP contribution in [0.4, 0.5) is 0 Å². The van der Waals surface area contributed by atoms with Gasteiger partial charge >= 0.3 is 11.9 Å². The summed E-state index contributed by atoms with van der Waals surface area (Å²) in [6.07, 6.45) is 16.4. The van der Waals surface area contributed by atoms with Crippen LogP contribution < -0.4 is 0 Å². The van der Waals surface area contributed by atoms with Crippen molar-refractivity contribution < 1.29 is 28.6 Å². The van der Waals surface area contributed by atoms with Crippen LogP contribution >= 0.6 is 0 Å². The maximum absolute atomic E-state index is 14.4. The predicted octanol–water partition coefficient (Wildman–Crippen LogP) is 13.5. The molecule has 350 valence electrons. The second-order valence-corrected chi connectivity index (χ2v) is 19.5. The number of aromatic nitrogens is 4. The molecule has 0 amide bonds. The van der Waals surface area contributed by atoms with E-state index in [4.69, 9.17) is 24.2 Å². The van der Waals surface area contributed by atoms with E-state index in [2.05, 4.69) is 65.0 Å². The maximum Gasteiger partial charge on any atom is 0.321 e. The molecule has 3 aromatic heterocycles. The molecule has 0 fully saturated rings. The van der Waals surface area contributed by atoms with Crippen LogP contribution in [0.5, 0.6) is 0 Å². The van der Waals surface area contributed by atoms with Crippen molar-refractivity contribution in [2.45, 2.75) is 157 Å². The molecule has 2 aliphatic heterocycles. The third kappa shape index (κ3) is 10.9. The van der Waals surface area contributed by atoms with Gasteiger partial charge in [-0.3, -0.25) is 19.4 Å². The summed E-state index contributed by atoms with van der Waals surface area (Å²) >= 11 is 0. The summed E-state index contributed by atoms with van der Waals surface area (Å²) in [4.78, 5) is 58.9. The highest BCUT2D eigenvalue weighted by molar-refractivity contribution is 6.23. The van der Waals surface area contributed by atoms with E-state index in [1.807, 2.05) is 44.2 Å². The Morgan fingerprint density at radius 1 is 0.862 bits per heavy atom. The second kappa shape index (κ2) is 21.8. The summed E-state index contributed by atoms with van der Waals surface area (Å²) < 4.78 is 17.0. The zero-order valence-electron chi connectivity index (χ0n) is 41.1. The molecule has 0 saturated carbocycles. The highest BCUT2D eigenvalue weighted by Crippen LogP contribution is 2.48. The minimum Gasteiger partial charge on any atom is -0.494 e. The molecule has 8 bridgehead atoms. The van der Waals surface area contributed by atoms with E-state index < -0.39 is 11.9 Å². The van der Waals surface area contributed by atoms with Gasteiger partial charge in [0, 0.05) is 62.8 Å². The number of allylic oxidation sites excluding steroid dienone is 2. The van der Waals surface area contributed by atoms with Crippen molar-refractivity contribution in [2.75, 3.05) is 20.8 Å². The number of H-pyrrole nitrogens is 2. The number of rotatable bonds is 21. The lowest BCUT2D eigenvalue weighted by molar-refractivity contribution is -0.143. The lowest BCUT2D eigenvalue weighted by Crippen LogP contribution is -2.21. The number of esters is 2. The fourth-order valence-electron chi connectivity index (χ4n) is 10.2. The molecule has 3 aromatic rings. The SMILES string of the molecule is C=Cc1c(C)c2cc3nc(c4c5[nH]c(cc6nc(cc1[nH]2)C(OC)=C6CC)c(C)c5C(=O)C4C(=O)OC)[C@@H](CCC(=O)OC/C=C(\C)CCC[C@H](C)CCCC(C)CCCC(C)C)C3C. The number of carbonyl (C=O) groups is 3. The van der Waals surface area contributed by atoms with Crippen molar-refractivity contribution in [1.29, 1.82) is 0 Å². The standard InChI is InChI=1S/C55H74N4O6/c1-13-38-35(8)41-28-42-36(9)40(24-25-47(60)65-27-26-34(7)23-17-22-33(6)21-16-20-32(5)19-15-18-31(3)4)51(58-42)49-50(55(62)64-12)53(61)48-37(10)43(59-52(48)49)29-45-39(14-2)54(63-11)46(57-45)30-44(38)56-41/h13,26,28-33,36,40,50,56,59H,1,14-25,27H2,2-12H3/b34-26+,41-28?,42-28?,43-29?,44-30?,45-29?,46-30?,51-49?/t32?,33-,36?,40+,50?/m1/s1. The smallest absolute Gasteiger partial charge is 0.321 e. The van der Waals surface area contributed by atoms with Crippen molar-refractivity contribution in [3.63, 3.8) is 0 Å². The van der Waals surface area contributed by atoms with Crippen molar-refractivity contribution in [2.24, 2.45) is 17.8 Å². The maximum atomic E-state index is 14.4. The number of ether oxygens (including phenoxy) is 3. The van der Waals surface area contributed by atoms with E-state index in [-0.39, 0.29) is 36.6 Å². The molecule has 5 heterocycles. The minimum atomic E-state index is -1.20. The predicted molar refractivity (Wildman–Crippen MR) is 264 cm³/mol. The third-order valence-corrected chi connectivity index (χ3v) is 14.3. The van der Waals surface area contributed by atoms with Gasteiger partial charge in [0.1, 0.15) is 24.0 Å². The van der Waals surface area contributed by atoms with Crippen LogP contribution in [0, 0.1) is 31.6 Å². The van der Waals surface area contributed by atoms with Gasteiger partial charge < -0.3 is 24.2 Å². The highest BCUT2D eigenvalue weighted by atomic mass is 16.5. The van der Waals surface area contributed by atoms with Gasteiger partial charge in [-0.1, -0.05) is 105 Å². The van der Waals surface area contributed by atoms with Gasteiger partial charge in [-0.15, -0.1) is 0 Å². The van der Waals surface area contributed by atoms with Crippen molar-refractivity contribution >= 4 is 57.2 Å². The number of hydrogen-bond donors (Lipinski definition) is 2. The molecular formula is C55H74N4O6. The Labute approximate surface area is 387 Å². The Balaban J connectivity index is 1.25. The summed E-state index contributed by atoms with van der Waals surface area (Å²) in [7, 11) is 2.95. The molecule has 3 aliphatic rings. The number of nitrogens with one attached hydrogen (secondary N) is 2. The van der Waals surface area contributed by atoms with E-state index >= 15 is 0 Å². The first-order valence-electron chi connectivity index (χ1n) is 24.2. The Hall–Kier alpha value is -5.25. The number of Topliss-reactive ketones (excluding diaryl/α,β-unsaturated/α-hetero) is 1. The lowest BCUT2D eigenvalue weighted by atomic mass is 9.84. The molecule has 0 spiro atoms. The second-order valence-electron chi connectivity index (χ2n) is 19.5. The molecule has 3 unspecified atom stereocenters. The monoisotopic (exact) mass is 887 g/mol. The van der Waals surface area contributed by atoms with Crippen LogP contribution in [0.15, 0.2) is 36.4 Å². The van der Waals surface area contributed by atoms with Crippen LogP contribution in [-0.4, -0.2) is 58.5 Å². The van der Waals surface area contributed by atoms with Gasteiger partial charge in [0.05, 0.1) is 31.1 Å². The average molecular weight is 887 g/mol. The van der Waals surface area contributed by atoms with Crippen LogP contribution in [0.3, 0.4) is 0 Å². The van der Waals surface area contributed by atoms with E-state index in [1.165, 1.54) is 57.6 Å². The van der Waals surface area contributed by atoms with Crippen molar-refractivity contribution in [1.82, 2.24) is 19.9 Å². The topological polar surface area (TPSA) is 136 Å². The summed E-state index contributed by atoms with van der Waals surface area (Å²) in [6, 6.07) is 5.97. The van der Waals surface area contributed by atoms with Crippen molar-refractivity contribution in [3.05, 3.63) is 87.0 Å². The van der Waals surface area contributed by atoms with Gasteiger partial charge in [-0.25, -0.2) is 4.98 Å². The Bertz CT molecular complexity index is 2500. The number of ketones is 1. The Morgan fingerprint density at radius 3 is 2.17 bits per heavy atom. The first kappa shape index (κ1) is 49.2. The third-order valence-electron chi connectivity index (χ3n) is 14.3. The van der Waals surface area contributed by atoms with Crippen LogP contribution in [-0.2, 0) is 23.8 Å². The summed E-state index contributed by atoms with van der Waals surface area (Å²) in [5, 5.41) is 0. The summed E-state index contributed by atoms with van der Waals surface area (Å²) in [5.41, 5.74) is 11.4. The van der Waals surface area contributed by atoms with Gasteiger partial charge in [0.25, 0.3) is 0 Å². The van der Waals surface area contributed by atoms with E-state index in [1.54, 1.807) is 7.11 Å². The quantitative estimate of drug-likeness (QED) is 0.0613. The number of aromatic amines is 2. The zero-order chi connectivity index (χ0) is 47.1. The molecule has 1 aliphatic carbocycles. The number of fused-ring (bicyclic) bond motifs is 8. The van der Waals surface area contributed by atoms with Gasteiger partial charge in [-0.05, 0) is 99.6 Å². The van der Waals surface area contributed by atoms with Crippen molar-refractivity contribution in [3.8, 4) is 0 Å². The number of carbonyl (C=O) groups excluding carboxylic acids is 3. The number of hydrogen-bond acceptors (Lipinski definition) is 8. The molecule has 6 rings (SSSR count). The molecule has 0 aromatic carbocycles. The Kier molecular flexibility index (Phi) is 16.5. The molecular weight excluding hydrogens is 813 g/mol. The number of nitrogens with zero attached hydrogens (tertiary/aromatic N) is 2. The molecule has 65 heavy (non-hydrogen) atoms. The Morgan fingerprint density at radius 2 is 1.52 bits per heavy atom. The fourth-order valence-corrected chi connectivity index (χ4v) is 10.2. The van der Waals surface area contributed by atoms with Gasteiger partial charge in [0.2, 0.25) is 0 Å². The summed E-state index contributed by atoms with van der Waals surface area (Å²) in [5.74, 6) is 0.0486. The number of aryl methyl sites for hydroxylation is 2. The van der Waals surface area contributed by atoms with Crippen LogP contribution in [0.25, 0.3) is 39.5 Å². The zero-order valence-corrected chi connectivity index (χ0v) is 41.1. The molecule has 10 nitrogen and oxygen atoms in total. The molecule has 0 saturated heterocycles. The molecule has 2 N–H and O–H groups in total. The normalized spacial score (nSPS) is 18.1. The molecule has 0 radical (unpaired) electrons. The van der Waals surface area contributed by atoms with E-state index in [0.717, 1.165) is 63.8 Å². The van der Waals surface area contributed by atoms with E-state index in [0.29, 0.717) is 63.6 Å². The molecule has 10 heteroatoms. The van der Waals surface area contributed by atoms with Crippen LogP contribution in [0.1, 0.15) is 199 Å². The fraction of sp³-hybridized carbons (Fsp3) is 0.545. The average Bonchev–Trinajstić information content (AvgIpc) is 4.02. The highest BCUT2D eigenvalue weighted by Gasteiger charge is 2.45. The first-order chi connectivity index (χ1) is 31.1. The largest absolute Gasteiger partial charge is 0.494 e. The number of methoxy groups -OCH3 is 2. The minimum absolute atomic E-state index is 0.148. The molecule has 5 atom stereocenters. The van der Waals surface area contributed by atoms with Gasteiger partial charge in [0.15, 0.2) is 5.78 Å². The van der Waals surface area contributed by atoms with Gasteiger partial charge in [-0.2, -0.15) is 0 Å². The summed E-state index contributed by atoms with van der Waals surface area (Å²) in [6.45, 7) is 24.0.